The molecule has 2 aliphatic rings. The second-order valence-corrected chi connectivity index (χ2v) is 8.54. The Balaban J connectivity index is 1.61. The maximum absolute atomic E-state index is 13.9. The van der Waals surface area contributed by atoms with Crippen LogP contribution in [0, 0.1) is 5.82 Å². The number of halogens is 1. The van der Waals surface area contributed by atoms with Crippen LogP contribution in [0.3, 0.4) is 0 Å². The summed E-state index contributed by atoms with van der Waals surface area (Å²) in [6.07, 6.45) is 0.0362. The first kappa shape index (κ1) is 23.6. The van der Waals surface area contributed by atoms with E-state index < -0.39 is 12.0 Å². The number of carbonyl (C=O) groups is 2. The van der Waals surface area contributed by atoms with Crippen molar-refractivity contribution in [3.63, 3.8) is 0 Å². The third-order valence-electron chi connectivity index (χ3n) is 5.59. The molecule has 176 valence electrons. The molecular weight excluding hydrogens is 457 g/mol. The summed E-state index contributed by atoms with van der Waals surface area (Å²) in [4.78, 5) is 32.0. The molecule has 0 saturated heterocycles. The molecule has 0 aromatic heterocycles. The highest BCUT2D eigenvalue weighted by atomic mass is 32.2. The highest BCUT2D eigenvalue weighted by Crippen LogP contribution is 2.45. The summed E-state index contributed by atoms with van der Waals surface area (Å²) in [7, 11) is 2.91. The molecule has 4 rings (SSSR count). The van der Waals surface area contributed by atoms with Gasteiger partial charge in [-0.15, -0.1) is 0 Å². The van der Waals surface area contributed by atoms with E-state index in [1.165, 1.54) is 24.9 Å². The average Bonchev–Trinajstić information content (AvgIpc) is 3.23. The minimum Gasteiger partial charge on any atom is -0.497 e. The summed E-state index contributed by atoms with van der Waals surface area (Å²) >= 11 is 1.38. The molecule has 0 spiro atoms. The summed E-state index contributed by atoms with van der Waals surface area (Å²) in [5.41, 5.74) is 2.83. The fourth-order valence-electron chi connectivity index (χ4n) is 3.93. The summed E-state index contributed by atoms with van der Waals surface area (Å²) in [6.45, 7) is 1.85. The predicted molar refractivity (Wildman–Crippen MR) is 128 cm³/mol. The lowest BCUT2D eigenvalue weighted by Crippen LogP contribution is -2.37. The lowest BCUT2D eigenvalue weighted by Gasteiger charge is -2.36. The van der Waals surface area contributed by atoms with Crippen molar-refractivity contribution in [1.82, 2.24) is 10.2 Å². The van der Waals surface area contributed by atoms with Gasteiger partial charge in [0.2, 0.25) is 5.91 Å². The summed E-state index contributed by atoms with van der Waals surface area (Å²) in [5.74, 6) is -0.492. The maximum Gasteiger partial charge on any atom is 0.338 e. The van der Waals surface area contributed by atoms with E-state index in [4.69, 9.17) is 9.47 Å². The van der Waals surface area contributed by atoms with Crippen LogP contribution in [0.4, 0.5) is 4.39 Å². The maximum atomic E-state index is 13.9. The predicted octanol–water partition coefficient (Wildman–Crippen LogP) is 4.29. The summed E-state index contributed by atoms with van der Waals surface area (Å²) in [6, 6.07) is 13.2. The topological polar surface area (TPSA) is 80.2 Å². The summed E-state index contributed by atoms with van der Waals surface area (Å²) in [5, 5.41) is 5.28. The van der Waals surface area contributed by atoms with Gasteiger partial charge in [-0.2, -0.15) is 0 Å². The van der Waals surface area contributed by atoms with Gasteiger partial charge in [-0.3, -0.25) is 4.79 Å². The Kier molecular flexibility index (Phi) is 7.02. The van der Waals surface area contributed by atoms with Gasteiger partial charge in [0.1, 0.15) is 11.6 Å². The van der Waals surface area contributed by atoms with Crippen LogP contribution in [0.5, 0.6) is 5.75 Å². The zero-order valence-corrected chi connectivity index (χ0v) is 19.8. The van der Waals surface area contributed by atoms with Crippen molar-refractivity contribution in [3.8, 4) is 5.75 Å². The van der Waals surface area contributed by atoms with Gasteiger partial charge in [0.15, 0.2) is 5.17 Å². The largest absolute Gasteiger partial charge is 0.497 e. The molecule has 0 unspecified atom stereocenters. The second-order valence-electron chi connectivity index (χ2n) is 7.71. The van der Waals surface area contributed by atoms with E-state index in [2.05, 4.69) is 10.3 Å². The number of nitrogens with one attached hydrogen (secondary N) is 1. The number of fused-ring (bicyclic) bond motifs is 1. The fraction of sp³-hybridized carbons (Fsp3) is 0.240. The van der Waals surface area contributed by atoms with Crippen molar-refractivity contribution in [2.45, 2.75) is 25.9 Å². The monoisotopic (exact) mass is 481 g/mol. The standard InChI is InChI=1S/C25H24FN3O4S/c1-15-22(24(31)33-3)23(16-8-6-9-19(11-16)32-2)29-18(14-34-25(29)28-15)12-21(30)27-13-17-7-4-5-10-20(17)26/h4-11,14,23H,12-13H2,1-3H3,(H,27,30)/t23-/m1/s1. The van der Waals surface area contributed by atoms with E-state index in [9.17, 15) is 14.0 Å². The Morgan fingerprint density at radius 2 is 1.97 bits per heavy atom. The smallest absolute Gasteiger partial charge is 0.338 e. The van der Waals surface area contributed by atoms with Gasteiger partial charge in [0.25, 0.3) is 0 Å². The molecule has 1 amide bonds. The zero-order valence-electron chi connectivity index (χ0n) is 19.0. The van der Waals surface area contributed by atoms with E-state index in [-0.39, 0.29) is 24.7 Å². The van der Waals surface area contributed by atoms with Gasteiger partial charge >= 0.3 is 5.97 Å². The van der Waals surface area contributed by atoms with Gasteiger partial charge in [0, 0.05) is 17.8 Å². The first-order chi connectivity index (χ1) is 16.4. The Morgan fingerprint density at radius 1 is 1.18 bits per heavy atom. The number of esters is 1. The third kappa shape index (κ3) is 4.70. The number of allylic oxidation sites excluding steroid dienone is 1. The van der Waals surface area contributed by atoms with Crippen LogP contribution in [-0.4, -0.2) is 36.2 Å². The molecule has 0 fully saturated rings. The van der Waals surface area contributed by atoms with E-state index in [1.54, 1.807) is 32.2 Å². The molecule has 0 saturated carbocycles. The van der Waals surface area contributed by atoms with Crippen LogP contribution in [-0.2, 0) is 20.9 Å². The number of hydrogen-bond donors (Lipinski definition) is 1. The third-order valence-corrected chi connectivity index (χ3v) is 6.48. The van der Waals surface area contributed by atoms with Crippen LogP contribution >= 0.6 is 11.8 Å². The number of ether oxygens (including phenoxy) is 2. The molecule has 1 N–H and O–H groups in total. The van der Waals surface area contributed by atoms with Gasteiger partial charge in [-0.25, -0.2) is 14.2 Å². The normalized spacial score (nSPS) is 17.1. The van der Waals surface area contributed by atoms with Crippen molar-refractivity contribution in [3.05, 3.63) is 87.9 Å². The molecular formula is C25H24FN3O4S. The molecule has 0 bridgehead atoms. The van der Waals surface area contributed by atoms with Gasteiger partial charge in [0.05, 0.1) is 38.0 Å². The van der Waals surface area contributed by atoms with E-state index >= 15 is 0 Å². The number of aliphatic imine (C=N–C) groups is 1. The Labute approximate surface area is 201 Å². The quantitative estimate of drug-likeness (QED) is 0.595. The Bertz CT molecular complexity index is 1220. The highest BCUT2D eigenvalue weighted by molar-refractivity contribution is 8.16. The number of rotatable bonds is 7. The van der Waals surface area contributed by atoms with Gasteiger partial charge < -0.3 is 19.7 Å². The average molecular weight is 482 g/mol. The van der Waals surface area contributed by atoms with Crippen molar-refractivity contribution in [1.29, 1.82) is 0 Å². The minimum absolute atomic E-state index is 0.0362. The number of carbonyl (C=O) groups excluding carboxylic acids is 2. The van der Waals surface area contributed by atoms with Crippen LogP contribution in [0.15, 0.2) is 75.9 Å². The van der Waals surface area contributed by atoms with Gasteiger partial charge in [-0.1, -0.05) is 42.1 Å². The lowest BCUT2D eigenvalue weighted by atomic mass is 9.93. The lowest BCUT2D eigenvalue weighted by molar-refractivity contribution is -0.136. The highest BCUT2D eigenvalue weighted by Gasteiger charge is 2.41. The van der Waals surface area contributed by atoms with E-state index in [0.717, 1.165) is 5.56 Å². The number of nitrogens with zero attached hydrogens (tertiary/aromatic N) is 2. The molecule has 9 heteroatoms. The van der Waals surface area contributed by atoms with E-state index in [0.29, 0.717) is 33.4 Å². The fourth-order valence-corrected chi connectivity index (χ4v) is 4.89. The van der Waals surface area contributed by atoms with Crippen molar-refractivity contribution in [2.24, 2.45) is 4.99 Å². The van der Waals surface area contributed by atoms with Gasteiger partial charge in [-0.05, 0) is 36.1 Å². The number of benzene rings is 2. The summed E-state index contributed by atoms with van der Waals surface area (Å²) < 4.78 is 24.4. The molecule has 0 radical (unpaired) electrons. The SMILES string of the molecule is COC(=O)C1=C(C)N=C2SC=C(CC(=O)NCc3ccccc3F)N2[C@@H]1c1cccc(OC)c1. The number of methoxy groups -OCH3 is 2. The van der Waals surface area contributed by atoms with Crippen LogP contribution in [0.2, 0.25) is 0 Å². The number of thioether (sulfide) groups is 1. The van der Waals surface area contributed by atoms with Crippen LogP contribution in [0.25, 0.3) is 0 Å². The number of amides is 1. The molecule has 34 heavy (non-hydrogen) atoms. The molecule has 2 aromatic rings. The molecule has 2 aliphatic heterocycles. The molecule has 7 nitrogen and oxygen atoms in total. The molecule has 2 aromatic carbocycles. The minimum atomic E-state index is -0.546. The van der Waals surface area contributed by atoms with Crippen LogP contribution < -0.4 is 10.1 Å². The zero-order chi connectivity index (χ0) is 24.2. The number of hydrogen-bond acceptors (Lipinski definition) is 7. The number of amidine groups is 1. The second kappa shape index (κ2) is 10.1. The molecule has 2 heterocycles. The molecule has 0 aliphatic carbocycles. The van der Waals surface area contributed by atoms with Crippen molar-refractivity contribution in [2.75, 3.05) is 14.2 Å². The van der Waals surface area contributed by atoms with E-state index in [1.807, 2.05) is 34.6 Å². The Morgan fingerprint density at radius 3 is 2.71 bits per heavy atom. The van der Waals surface area contributed by atoms with Crippen molar-refractivity contribution >= 4 is 28.8 Å². The van der Waals surface area contributed by atoms with Crippen LogP contribution in [0.1, 0.15) is 30.5 Å². The molecule has 1 atom stereocenters. The first-order valence-electron chi connectivity index (χ1n) is 10.6. The first-order valence-corrected chi connectivity index (χ1v) is 11.5. The Hall–Kier alpha value is -3.59. The van der Waals surface area contributed by atoms with Crippen molar-refractivity contribution < 1.29 is 23.5 Å².